The van der Waals surface area contributed by atoms with Gasteiger partial charge in [-0.05, 0) is 25.5 Å². The van der Waals surface area contributed by atoms with Crippen LogP contribution in [0.2, 0.25) is 0 Å². The zero-order chi connectivity index (χ0) is 17.1. The van der Waals surface area contributed by atoms with Crippen LogP contribution in [0.5, 0.6) is 0 Å². The van der Waals surface area contributed by atoms with Gasteiger partial charge in [-0.2, -0.15) is 5.26 Å². The van der Waals surface area contributed by atoms with Crippen molar-refractivity contribution in [3.63, 3.8) is 0 Å². The molecule has 0 aliphatic carbocycles. The van der Waals surface area contributed by atoms with E-state index in [1.54, 1.807) is 18.7 Å². The third-order valence-corrected chi connectivity index (χ3v) is 4.64. The Morgan fingerprint density at radius 2 is 2.40 bits per heavy atom. The fourth-order valence-corrected chi connectivity index (χ4v) is 3.47. The van der Waals surface area contributed by atoms with E-state index in [0.717, 1.165) is 54.8 Å². The first kappa shape index (κ1) is 15.7. The van der Waals surface area contributed by atoms with Gasteiger partial charge in [-0.3, -0.25) is 0 Å². The summed E-state index contributed by atoms with van der Waals surface area (Å²) in [6, 6.07) is 4.57. The fraction of sp³-hybridized carbons (Fsp3) is 0.389. The van der Waals surface area contributed by atoms with Gasteiger partial charge in [-0.25, -0.2) is 9.97 Å². The van der Waals surface area contributed by atoms with Gasteiger partial charge in [0.2, 0.25) is 5.89 Å². The minimum absolute atomic E-state index is 0.321. The Balaban J connectivity index is 1.63. The second kappa shape index (κ2) is 6.95. The molecular weight excluding hydrogens is 316 g/mol. The summed E-state index contributed by atoms with van der Waals surface area (Å²) in [5, 5.41) is 13.5. The molecule has 3 aromatic rings. The topological polar surface area (TPSA) is 93.8 Å². The lowest BCUT2D eigenvalue weighted by molar-refractivity contribution is 0.221. The van der Waals surface area contributed by atoms with E-state index in [-0.39, 0.29) is 0 Å². The van der Waals surface area contributed by atoms with E-state index in [1.165, 1.54) is 0 Å². The third kappa shape index (κ3) is 3.21. The normalized spacial score (nSPS) is 18.3. The average Bonchev–Trinajstić information content (AvgIpc) is 3.32. The van der Waals surface area contributed by atoms with Crippen LogP contribution >= 0.6 is 0 Å². The monoisotopic (exact) mass is 336 g/mol. The van der Waals surface area contributed by atoms with Gasteiger partial charge >= 0.3 is 0 Å². The number of pyridine rings is 1. The molecular formula is C18H20N6O. The molecule has 4 heterocycles. The highest BCUT2D eigenvalue weighted by atomic mass is 16.3. The van der Waals surface area contributed by atoms with Crippen molar-refractivity contribution >= 4 is 16.7 Å². The Labute approximate surface area is 145 Å². The summed E-state index contributed by atoms with van der Waals surface area (Å²) in [4.78, 5) is 14.3. The molecule has 2 N–H and O–H groups in total. The molecule has 7 nitrogen and oxygen atoms in total. The molecule has 25 heavy (non-hydrogen) atoms. The number of fused-ring (bicyclic) bond motifs is 1. The minimum Gasteiger partial charge on any atom is -0.444 e. The lowest BCUT2D eigenvalue weighted by Gasteiger charge is -2.33. The van der Waals surface area contributed by atoms with Crippen LogP contribution in [0.1, 0.15) is 19.3 Å². The molecule has 1 saturated heterocycles. The highest BCUT2D eigenvalue weighted by molar-refractivity contribution is 5.97. The van der Waals surface area contributed by atoms with Crippen LogP contribution in [0, 0.1) is 11.3 Å². The quantitative estimate of drug-likeness (QED) is 0.744. The van der Waals surface area contributed by atoms with Crippen LogP contribution in [0.4, 0.5) is 5.69 Å². The predicted molar refractivity (Wildman–Crippen MR) is 94.9 cm³/mol. The maximum Gasteiger partial charge on any atom is 0.229 e. The van der Waals surface area contributed by atoms with Gasteiger partial charge in [0.05, 0.1) is 23.5 Å². The van der Waals surface area contributed by atoms with Crippen LogP contribution in [-0.4, -0.2) is 45.5 Å². The number of H-pyrrole nitrogens is 1. The maximum absolute atomic E-state index is 8.81. The number of hydrogen-bond acceptors (Lipinski definition) is 6. The molecule has 7 heteroatoms. The Hall–Kier alpha value is -2.85. The first-order valence-electron chi connectivity index (χ1n) is 8.57. The van der Waals surface area contributed by atoms with Crippen molar-refractivity contribution in [2.75, 3.05) is 25.0 Å². The van der Waals surface area contributed by atoms with E-state index < -0.39 is 0 Å². The molecule has 0 spiro atoms. The molecule has 0 unspecified atom stereocenters. The molecule has 0 saturated carbocycles. The number of nitrogens with zero attached hydrogens (tertiary/aromatic N) is 4. The summed E-state index contributed by atoms with van der Waals surface area (Å²) in [7, 11) is 0. The van der Waals surface area contributed by atoms with Crippen molar-refractivity contribution in [3.8, 4) is 17.5 Å². The number of piperidine rings is 1. The van der Waals surface area contributed by atoms with E-state index in [1.807, 2.05) is 12.3 Å². The number of oxazole rings is 1. The second-order valence-electron chi connectivity index (χ2n) is 6.32. The molecule has 1 aliphatic rings. The molecule has 3 aromatic heterocycles. The summed E-state index contributed by atoms with van der Waals surface area (Å²) in [5.74, 6) is 0.565. The number of aromatic nitrogens is 3. The number of nitriles is 1. The molecule has 0 radical (unpaired) electrons. The van der Waals surface area contributed by atoms with E-state index >= 15 is 0 Å². The first-order valence-corrected chi connectivity index (χ1v) is 8.57. The van der Waals surface area contributed by atoms with Crippen molar-refractivity contribution in [2.45, 2.75) is 25.3 Å². The summed E-state index contributed by atoms with van der Waals surface area (Å²) in [5.41, 5.74) is 2.71. The Bertz CT molecular complexity index is 879. The maximum atomic E-state index is 8.81. The van der Waals surface area contributed by atoms with Crippen LogP contribution in [0.3, 0.4) is 0 Å². The van der Waals surface area contributed by atoms with Gasteiger partial charge in [0, 0.05) is 43.3 Å². The summed E-state index contributed by atoms with van der Waals surface area (Å²) in [6.45, 7) is 2.82. The van der Waals surface area contributed by atoms with Crippen molar-refractivity contribution < 1.29 is 4.42 Å². The molecule has 0 bridgehead atoms. The van der Waals surface area contributed by atoms with Crippen molar-refractivity contribution in [1.29, 1.82) is 5.26 Å². The Morgan fingerprint density at radius 3 is 3.24 bits per heavy atom. The highest BCUT2D eigenvalue weighted by Gasteiger charge is 2.22. The SMILES string of the molecule is N#CCCN1CCC[C@@H](Nc2c(-c3ncco3)cnc3[nH]ccc23)C1. The molecule has 1 aliphatic heterocycles. The number of nitrogens with one attached hydrogen (secondary N) is 2. The van der Waals surface area contributed by atoms with Crippen molar-refractivity contribution in [2.24, 2.45) is 0 Å². The van der Waals surface area contributed by atoms with Crippen molar-refractivity contribution in [3.05, 3.63) is 30.9 Å². The number of aromatic amines is 1. The largest absolute Gasteiger partial charge is 0.444 e. The van der Waals surface area contributed by atoms with Gasteiger partial charge in [-0.1, -0.05) is 0 Å². The van der Waals surface area contributed by atoms with Gasteiger partial charge in [0.15, 0.2) is 0 Å². The van der Waals surface area contributed by atoms with Gasteiger partial charge in [0.1, 0.15) is 11.9 Å². The van der Waals surface area contributed by atoms with E-state index in [9.17, 15) is 0 Å². The third-order valence-electron chi connectivity index (χ3n) is 4.64. The molecule has 4 rings (SSSR count). The minimum atomic E-state index is 0.321. The van der Waals surface area contributed by atoms with Gasteiger partial charge < -0.3 is 19.6 Å². The smallest absolute Gasteiger partial charge is 0.229 e. The zero-order valence-corrected chi connectivity index (χ0v) is 13.9. The standard InChI is InChI=1S/C18H20N6O/c19-5-2-9-24-8-1-3-13(12-24)23-16-14-4-6-20-17(14)22-11-15(16)18-21-7-10-25-18/h4,6-7,10-11,13H,1-3,8-9,12H2,(H2,20,22,23)/t13-/m1/s1. The molecule has 0 amide bonds. The second-order valence-corrected chi connectivity index (χ2v) is 6.32. The van der Waals surface area contributed by atoms with Crippen LogP contribution in [-0.2, 0) is 0 Å². The van der Waals surface area contributed by atoms with Crippen molar-refractivity contribution in [1.82, 2.24) is 19.9 Å². The Kier molecular flexibility index (Phi) is 4.36. The van der Waals surface area contributed by atoms with Gasteiger partial charge in [0.25, 0.3) is 0 Å². The van der Waals surface area contributed by atoms with Gasteiger partial charge in [-0.15, -0.1) is 0 Å². The number of rotatable bonds is 5. The summed E-state index contributed by atoms with van der Waals surface area (Å²) < 4.78 is 5.50. The number of anilines is 1. The first-order chi connectivity index (χ1) is 12.3. The Morgan fingerprint density at radius 1 is 1.44 bits per heavy atom. The number of likely N-dealkylation sites (tertiary alicyclic amines) is 1. The zero-order valence-electron chi connectivity index (χ0n) is 13.9. The predicted octanol–water partition coefficient (Wildman–Crippen LogP) is 3.01. The van der Waals surface area contributed by atoms with Crippen LogP contribution < -0.4 is 5.32 Å². The van der Waals surface area contributed by atoms with Crippen LogP contribution in [0.15, 0.2) is 35.3 Å². The molecule has 0 aromatic carbocycles. The number of hydrogen-bond donors (Lipinski definition) is 2. The molecule has 128 valence electrons. The van der Waals surface area contributed by atoms with E-state index in [4.69, 9.17) is 9.68 Å². The summed E-state index contributed by atoms with van der Waals surface area (Å²) in [6.07, 6.45) is 9.70. The lowest BCUT2D eigenvalue weighted by atomic mass is 10.0. The van der Waals surface area contributed by atoms with Crippen LogP contribution in [0.25, 0.3) is 22.5 Å². The highest BCUT2D eigenvalue weighted by Crippen LogP contribution is 2.33. The van der Waals surface area contributed by atoms with E-state index in [0.29, 0.717) is 18.4 Å². The fourth-order valence-electron chi connectivity index (χ4n) is 3.47. The summed E-state index contributed by atoms with van der Waals surface area (Å²) >= 11 is 0. The average molecular weight is 336 g/mol. The lowest BCUT2D eigenvalue weighted by Crippen LogP contribution is -2.42. The molecule has 1 atom stereocenters. The molecule has 1 fully saturated rings. The van der Waals surface area contributed by atoms with E-state index in [2.05, 4.69) is 31.2 Å².